The average Bonchev–Trinajstić information content (AvgIpc) is 2.85. The van der Waals surface area contributed by atoms with Gasteiger partial charge in [-0.05, 0) is 98.1 Å². The molecule has 5 heteroatoms. The van der Waals surface area contributed by atoms with Gasteiger partial charge in [0.2, 0.25) is 0 Å². The molecule has 184 valence electrons. The third-order valence-corrected chi connectivity index (χ3v) is 8.01. The molecule has 0 radical (unpaired) electrons. The fourth-order valence-electron chi connectivity index (χ4n) is 6.08. The molecular weight excluding hydrogens is 437 g/mol. The molecule has 2 saturated carbocycles. The van der Waals surface area contributed by atoms with Gasteiger partial charge < -0.3 is 4.74 Å². The summed E-state index contributed by atoms with van der Waals surface area (Å²) in [7, 11) is 0. The number of alkyl halides is 3. The Morgan fingerprint density at radius 3 is 2.09 bits per heavy atom. The second-order valence-electron chi connectivity index (χ2n) is 10.2. The number of ether oxygens (including phenoxy) is 1. The van der Waals surface area contributed by atoms with Crippen molar-refractivity contribution < 1.29 is 22.7 Å². The molecule has 2 nitrogen and oxygen atoms in total. The van der Waals surface area contributed by atoms with Crippen molar-refractivity contribution in [1.82, 2.24) is 0 Å². The van der Waals surface area contributed by atoms with E-state index in [0.29, 0.717) is 11.7 Å². The van der Waals surface area contributed by atoms with Crippen LogP contribution in [0.2, 0.25) is 0 Å². The molecule has 0 saturated heterocycles. The normalized spacial score (nSPS) is 25.6. The quantitative estimate of drug-likeness (QED) is 0.310. The molecule has 0 atom stereocenters. The van der Waals surface area contributed by atoms with Gasteiger partial charge in [0.05, 0.1) is 11.1 Å². The second-order valence-corrected chi connectivity index (χ2v) is 10.2. The summed E-state index contributed by atoms with van der Waals surface area (Å²) < 4.78 is 44.0. The van der Waals surface area contributed by atoms with Crippen molar-refractivity contribution in [3.05, 3.63) is 65.2 Å². The highest BCUT2D eigenvalue weighted by Crippen LogP contribution is 2.44. The largest absolute Gasteiger partial charge is 0.423 e. The zero-order valence-electron chi connectivity index (χ0n) is 19.9. The molecule has 2 aliphatic carbocycles. The molecule has 2 fully saturated rings. The fourth-order valence-corrected chi connectivity index (χ4v) is 6.08. The van der Waals surface area contributed by atoms with Gasteiger partial charge in [-0.1, -0.05) is 50.8 Å². The average molecular weight is 473 g/mol. The zero-order chi connectivity index (χ0) is 24.1. The van der Waals surface area contributed by atoms with E-state index in [1.54, 1.807) is 12.1 Å². The highest BCUT2D eigenvalue weighted by Gasteiger charge is 2.32. The molecule has 0 N–H and O–H groups in total. The molecule has 0 bridgehead atoms. The van der Waals surface area contributed by atoms with Crippen LogP contribution in [0.5, 0.6) is 5.75 Å². The smallest absolute Gasteiger partial charge is 0.416 e. The van der Waals surface area contributed by atoms with Crippen molar-refractivity contribution in [3.8, 4) is 5.75 Å². The molecule has 2 aromatic rings. The number of carbonyl (C=O) groups excluding carboxylic acids is 1. The van der Waals surface area contributed by atoms with E-state index in [2.05, 4.69) is 6.92 Å². The predicted octanol–water partition coefficient (Wildman–Crippen LogP) is 8.80. The molecular formula is C29H35F3O2. The van der Waals surface area contributed by atoms with Gasteiger partial charge in [0.15, 0.2) is 0 Å². The Morgan fingerprint density at radius 2 is 1.50 bits per heavy atom. The summed E-state index contributed by atoms with van der Waals surface area (Å²) in [5.41, 5.74) is 0.284. The first-order valence-electron chi connectivity index (χ1n) is 12.8. The summed E-state index contributed by atoms with van der Waals surface area (Å²) in [6.45, 7) is 2.29. The Kier molecular flexibility index (Phi) is 8.00. The topological polar surface area (TPSA) is 26.3 Å². The maximum Gasteiger partial charge on any atom is 0.416 e. The summed E-state index contributed by atoms with van der Waals surface area (Å²) in [5, 5.41) is 0. The monoisotopic (exact) mass is 472 g/mol. The molecule has 0 spiro atoms. The summed E-state index contributed by atoms with van der Waals surface area (Å²) in [6, 6.07) is 11.8. The number of carbonyl (C=O) groups is 1. The van der Waals surface area contributed by atoms with E-state index < -0.39 is 17.7 Å². The molecule has 4 rings (SSSR count). The summed E-state index contributed by atoms with van der Waals surface area (Å²) in [6.07, 6.45) is 8.84. The second kappa shape index (κ2) is 11.0. The van der Waals surface area contributed by atoms with Crippen LogP contribution in [0.25, 0.3) is 0 Å². The van der Waals surface area contributed by atoms with Crippen LogP contribution in [0.3, 0.4) is 0 Å². The van der Waals surface area contributed by atoms with Crippen molar-refractivity contribution in [3.63, 3.8) is 0 Å². The summed E-state index contributed by atoms with van der Waals surface area (Å²) in [4.78, 5) is 12.3. The Hall–Kier alpha value is -2.30. The van der Waals surface area contributed by atoms with Crippen molar-refractivity contribution >= 4 is 5.97 Å². The minimum Gasteiger partial charge on any atom is -0.423 e. The van der Waals surface area contributed by atoms with E-state index in [0.717, 1.165) is 29.9 Å². The Morgan fingerprint density at radius 1 is 0.882 bits per heavy atom. The Balaban J connectivity index is 1.28. The van der Waals surface area contributed by atoms with Gasteiger partial charge in [-0.2, -0.15) is 13.2 Å². The van der Waals surface area contributed by atoms with E-state index in [1.165, 1.54) is 81.9 Å². The SMILES string of the molecule is CCCC1CCC(C2CCC(c3ccc(OC(=O)c4cccc(C(F)(F)F)c4)cc3)CC2)CC1. The van der Waals surface area contributed by atoms with Crippen molar-refractivity contribution in [2.45, 2.75) is 83.2 Å². The van der Waals surface area contributed by atoms with Crippen LogP contribution < -0.4 is 4.74 Å². The number of benzene rings is 2. The van der Waals surface area contributed by atoms with Gasteiger partial charge in [-0.15, -0.1) is 0 Å². The third kappa shape index (κ3) is 6.22. The lowest BCUT2D eigenvalue weighted by atomic mass is 9.68. The highest BCUT2D eigenvalue weighted by molar-refractivity contribution is 5.91. The molecule has 0 aromatic heterocycles. The van der Waals surface area contributed by atoms with Gasteiger partial charge in [0, 0.05) is 0 Å². The van der Waals surface area contributed by atoms with Crippen LogP contribution in [0.15, 0.2) is 48.5 Å². The number of halogens is 3. The van der Waals surface area contributed by atoms with Gasteiger partial charge in [0.1, 0.15) is 5.75 Å². The Bertz CT molecular complexity index is 935. The van der Waals surface area contributed by atoms with Crippen molar-refractivity contribution in [2.75, 3.05) is 0 Å². The maximum atomic E-state index is 12.9. The van der Waals surface area contributed by atoms with Gasteiger partial charge in [-0.3, -0.25) is 0 Å². The first-order valence-corrected chi connectivity index (χ1v) is 12.8. The van der Waals surface area contributed by atoms with E-state index in [-0.39, 0.29) is 5.56 Å². The minimum absolute atomic E-state index is 0.110. The van der Waals surface area contributed by atoms with E-state index in [9.17, 15) is 18.0 Å². The minimum atomic E-state index is -4.49. The third-order valence-electron chi connectivity index (χ3n) is 8.01. The maximum absolute atomic E-state index is 12.9. The molecule has 0 amide bonds. The van der Waals surface area contributed by atoms with E-state index in [1.807, 2.05) is 12.1 Å². The first-order chi connectivity index (χ1) is 16.3. The highest BCUT2D eigenvalue weighted by atomic mass is 19.4. The number of rotatable bonds is 6. The van der Waals surface area contributed by atoms with Crippen LogP contribution in [0.4, 0.5) is 13.2 Å². The molecule has 0 unspecified atom stereocenters. The van der Waals surface area contributed by atoms with E-state index in [4.69, 9.17) is 4.74 Å². The molecule has 2 aliphatic rings. The number of hydrogen-bond acceptors (Lipinski definition) is 2. The van der Waals surface area contributed by atoms with Gasteiger partial charge >= 0.3 is 12.1 Å². The van der Waals surface area contributed by atoms with Crippen molar-refractivity contribution in [2.24, 2.45) is 17.8 Å². The lowest BCUT2D eigenvalue weighted by Crippen LogP contribution is -2.25. The standard InChI is InChI=1S/C29H35F3O2/c1-2-4-20-7-9-21(10-8-20)22-11-13-23(14-12-22)24-15-17-27(18-16-24)34-28(33)25-5-3-6-26(19-25)29(30,31)32/h3,5-6,15-23H,2,4,7-14H2,1H3. The van der Waals surface area contributed by atoms with Gasteiger partial charge in [-0.25, -0.2) is 4.79 Å². The van der Waals surface area contributed by atoms with Crippen LogP contribution in [-0.2, 0) is 6.18 Å². The predicted molar refractivity (Wildman–Crippen MR) is 128 cm³/mol. The summed E-state index contributed by atoms with van der Waals surface area (Å²) >= 11 is 0. The van der Waals surface area contributed by atoms with Crippen LogP contribution in [0.1, 0.15) is 98.5 Å². The number of esters is 1. The molecule has 34 heavy (non-hydrogen) atoms. The van der Waals surface area contributed by atoms with Crippen LogP contribution in [-0.4, -0.2) is 5.97 Å². The molecule has 0 heterocycles. The van der Waals surface area contributed by atoms with Crippen LogP contribution >= 0.6 is 0 Å². The zero-order valence-corrected chi connectivity index (χ0v) is 19.9. The fraction of sp³-hybridized carbons (Fsp3) is 0.552. The summed E-state index contributed by atoms with van der Waals surface area (Å²) in [5.74, 6) is 2.83. The Labute approximate surface area is 200 Å². The molecule has 2 aromatic carbocycles. The van der Waals surface area contributed by atoms with Crippen molar-refractivity contribution in [1.29, 1.82) is 0 Å². The molecule has 0 aliphatic heterocycles. The lowest BCUT2D eigenvalue weighted by molar-refractivity contribution is -0.137. The first kappa shape index (κ1) is 24.8. The van der Waals surface area contributed by atoms with E-state index >= 15 is 0 Å². The van der Waals surface area contributed by atoms with Crippen LogP contribution in [0, 0.1) is 17.8 Å². The lowest BCUT2D eigenvalue weighted by Gasteiger charge is -2.38. The van der Waals surface area contributed by atoms with Gasteiger partial charge in [0.25, 0.3) is 0 Å². The number of hydrogen-bond donors (Lipinski definition) is 0.